The standard InChI is InChI=1S/C9H9NO6S/c1-10-17(15,16)7-3-5(8(11)12)2-6(4-7)9(13)14/h2-4,10H,1H3,(H,11,12)(H,13,14). The lowest BCUT2D eigenvalue weighted by Gasteiger charge is -2.05. The molecule has 0 spiro atoms. The van der Waals surface area contributed by atoms with Crippen LogP contribution in [0.15, 0.2) is 23.1 Å². The SMILES string of the molecule is CNS(=O)(=O)c1cc(C(=O)O)cc(C(=O)O)c1. The summed E-state index contributed by atoms with van der Waals surface area (Å²) < 4.78 is 24.9. The smallest absolute Gasteiger partial charge is 0.335 e. The summed E-state index contributed by atoms with van der Waals surface area (Å²) in [5, 5.41) is 17.5. The lowest BCUT2D eigenvalue weighted by Crippen LogP contribution is -2.19. The number of hydrogen-bond donors (Lipinski definition) is 3. The van der Waals surface area contributed by atoms with Crippen LogP contribution in [0.4, 0.5) is 0 Å². The summed E-state index contributed by atoms with van der Waals surface area (Å²) in [5.74, 6) is -2.80. The van der Waals surface area contributed by atoms with E-state index in [1.165, 1.54) is 0 Å². The van der Waals surface area contributed by atoms with Gasteiger partial charge in [0, 0.05) is 0 Å². The van der Waals surface area contributed by atoms with Crippen molar-refractivity contribution in [2.24, 2.45) is 0 Å². The van der Waals surface area contributed by atoms with Gasteiger partial charge in [-0.25, -0.2) is 22.7 Å². The Morgan fingerprint density at radius 3 is 1.76 bits per heavy atom. The molecule has 0 bridgehead atoms. The third-order valence-corrected chi connectivity index (χ3v) is 3.37. The molecule has 0 unspecified atom stereocenters. The van der Waals surface area contributed by atoms with E-state index in [2.05, 4.69) is 0 Å². The highest BCUT2D eigenvalue weighted by Gasteiger charge is 2.18. The van der Waals surface area contributed by atoms with Gasteiger partial charge in [-0.15, -0.1) is 0 Å². The van der Waals surface area contributed by atoms with E-state index in [0.29, 0.717) is 0 Å². The molecule has 0 saturated heterocycles. The summed E-state index contributed by atoms with van der Waals surface area (Å²) in [4.78, 5) is 21.1. The van der Waals surface area contributed by atoms with Gasteiger partial charge >= 0.3 is 11.9 Å². The van der Waals surface area contributed by atoms with Crippen molar-refractivity contribution in [3.05, 3.63) is 29.3 Å². The molecule has 0 aliphatic carbocycles. The Labute approximate surface area is 96.7 Å². The Kier molecular flexibility index (Phi) is 3.49. The van der Waals surface area contributed by atoms with E-state index < -0.39 is 38.0 Å². The number of carbonyl (C=O) groups is 2. The van der Waals surface area contributed by atoms with Gasteiger partial charge in [0.2, 0.25) is 10.0 Å². The minimum absolute atomic E-state index is 0.404. The van der Waals surface area contributed by atoms with E-state index >= 15 is 0 Å². The van der Waals surface area contributed by atoms with Crippen molar-refractivity contribution in [1.29, 1.82) is 0 Å². The fraction of sp³-hybridized carbons (Fsp3) is 0.111. The Balaban J connectivity index is 3.53. The first-order valence-electron chi connectivity index (χ1n) is 4.33. The maximum atomic E-state index is 11.5. The van der Waals surface area contributed by atoms with Gasteiger partial charge in [0.05, 0.1) is 16.0 Å². The number of sulfonamides is 1. The minimum Gasteiger partial charge on any atom is -0.478 e. The predicted molar refractivity (Wildman–Crippen MR) is 56.6 cm³/mol. The van der Waals surface area contributed by atoms with Gasteiger partial charge < -0.3 is 10.2 Å². The van der Waals surface area contributed by atoms with Crippen molar-refractivity contribution >= 4 is 22.0 Å². The van der Waals surface area contributed by atoms with Gasteiger partial charge in [-0.3, -0.25) is 0 Å². The molecular weight excluding hydrogens is 250 g/mol. The van der Waals surface area contributed by atoms with E-state index in [0.717, 1.165) is 25.2 Å². The number of carboxylic acids is 2. The molecular formula is C9H9NO6S. The first-order chi connectivity index (χ1) is 7.77. The van der Waals surface area contributed by atoms with Crippen LogP contribution in [0.1, 0.15) is 20.7 Å². The van der Waals surface area contributed by atoms with Crippen LogP contribution in [0, 0.1) is 0 Å². The molecule has 8 heteroatoms. The number of hydrogen-bond acceptors (Lipinski definition) is 4. The van der Waals surface area contributed by atoms with Crippen LogP contribution in [0.3, 0.4) is 0 Å². The van der Waals surface area contributed by atoms with Gasteiger partial charge in [0.15, 0.2) is 0 Å². The predicted octanol–water partition coefficient (Wildman–Crippen LogP) is -0.00890. The first kappa shape index (κ1) is 13.1. The Hall–Kier alpha value is -1.93. The van der Waals surface area contributed by atoms with Crippen LogP contribution in [0.5, 0.6) is 0 Å². The molecule has 0 fully saturated rings. The number of benzene rings is 1. The lowest BCUT2D eigenvalue weighted by atomic mass is 10.1. The lowest BCUT2D eigenvalue weighted by molar-refractivity contribution is 0.0696. The maximum absolute atomic E-state index is 11.5. The molecule has 0 aliphatic rings. The molecule has 0 saturated carbocycles. The monoisotopic (exact) mass is 259 g/mol. The summed E-state index contributed by atoms with van der Waals surface area (Å²) in [6.07, 6.45) is 0. The van der Waals surface area contributed by atoms with Crippen molar-refractivity contribution in [1.82, 2.24) is 4.72 Å². The molecule has 3 N–H and O–H groups in total. The third-order valence-electron chi connectivity index (χ3n) is 1.98. The summed E-state index contributed by atoms with van der Waals surface area (Å²) in [6, 6.07) is 2.67. The molecule has 1 aromatic carbocycles. The topological polar surface area (TPSA) is 121 Å². The van der Waals surface area contributed by atoms with Crippen molar-refractivity contribution in [3.8, 4) is 0 Å². The third kappa shape index (κ3) is 2.80. The van der Waals surface area contributed by atoms with Crippen molar-refractivity contribution in [2.75, 3.05) is 7.05 Å². The van der Waals surface area contributed by atoms with Crippen LogP contribution < -0.4 is 4.72 Å². The normalized spacial score (nSPS) is 11.1. The second-order valence-electron chi connectivity index (χ2n) is 3.06. The molecule has 92 valence electrons. The van der Waals surface area contributed by atoms with Crippen LogP contribution in [0.2, 0.25) is 0 Å². The van der Waals surface area contributed by atoms with Crippen molar-refractivity contribution < 1.29 is 28.2 Å². The average molecular weight is 259 g/mol. The zero-order valence-corrected chi connectivity index (χ0v) is 9.48. The first-order valence-corrected chi connectivity index (χ1v) is 5.81. The zero-order valence-electron chi connectivity index (χ0n) is 8.67. The molecule has 1 aromatic rings. The second-order valence-corrected chi connectivity index (χ2v) is 4.95. The Morgan fingerprint density at radius 1 is 1.06 bits per heavy atom. The van der Waals surface area contributed by atoms with E-state index in [9.17, 15) is 18.0 Å². The minimum atomic E-state index is -3.89. The highest BCUT2D eigenvalue weighted by Crippen LogP contribution is 2.15. The Bertz CT molecular complexity index is 545. The van der Waals surface area contributed by atoms with Crippen molar-refractivity contribution in [2.45, 2.75) is 4.90 Å². The number of aromatic carboxylic acids is 2. The van der Waals surface area contributed by atoms with E-state index in [1.807, 2.05) is 4.72 Å². The quantitative estimate of drug-likeness (QED) is 0.699. The van der Waals surface area contributed by atoms with Gasteiger partial charge in [0.25, 0.3) is 0 Å². The Morgan fingerprint density at radius 2 is 1.47 bits per heavy atom. The fourth-order valence-electron chi connectivity index (χ4n) is 1.12. The second kappa shape index (κ2) is 4.52. The highest BCUT2D eigenvalue weighted by atomic mass is 32.2. The molecule has 7 nitrogen and oxygen atoms in total. The van der Waals surface area contributed by atoms with Crippen LogP contribution in [-0.4, -0.2) is 37.6 Å². The number of nitrogens with one attached hydrogen (secondary N) is 1. The van der Waals surface area contributed by atoms with Crippen LogP contribution in [0.25, 0.3) is 0 Å². The maximum Gasteiger partial charge on any atom is 0.335 e. The van der Waals surface area contributed by atoms with Crippen LogP contribution in [-0.2, 0) is 10.0 Å². The van der Waals surface area contributed by atoms with Gasteiger partial charge in [-0.1, -0.05) is 0 Å². The largest absolute Gasteiger partial charge is 0.478 e. The van der Waals surface area contributed by atoms with Gasteiger partial charge in [0.1, 0.15) is 0 Å². The van der Waals surface area contributed by atoms with Gasteiger partial charge in [-0.2, -0.15) is 0 Å². The highest BCUT2D eigenvalue weighted by molar-refractivity contribution is 7.89. The molecule has 0 radical (unpaired) electrons. The molecule has 1 rings (SSSR count). The fourth-order valence-corrected chi connectivity index (χ4v) is 1.92. The van der Waals surface area contributed by atoms with Crippen LogP contribution >= 0.6 is 0 Å². The molecule has 0 heterocycles. The van der Waals surface area contributed by atoms with E-state index in [-0.39, 0.29) is 0 Å². The summed E-state index contributed by atoms with van der Waals surface area (Å²) in [7, 11) is -2.74. The van der Waals surface area contributed by atoms with E-state index in [1.54, 1.807) is 0 Å². The molecule has 0 aromatic heterocycles. The summed E-state index contributed by atoms with van der Waals surface area (Å²) in [6.45, 7) is 0. The van der Waals surface area contributed by atoms with Gasteiger partial charge in [-0.05, 0) is 25.2 Å². The number of rotatable bonds is 4. The van der Waals surface area contributed by atoms with Crippen molar-refractivity contribution in [3.63, 3.8) is 0 Å². The molecule has 0 aliphatic heterocycles. The summed E-state index contributed by atoms with van der Waals surface area (Å²) in [5.41, 5.74) is -0.808. The average Bonchev–Trinajstić information content (AvgIpc) is 2.28. The number of carboxylic acid groups (broad SMARTS) is 2. The summed E-state index contributed by atoms with van der Waals surface area (Å²) >= 11 is 0. The molecule has 17 heavy (non-hydrogen) atoms. The molecule has 0 atom stereocenters. The van der Waals surface area contributed by atoms with E-state index in [4.69, 9.17) is 10.2 Å². The molecule has 0 amide bonds. The zero-order chi connectivity index (χ0) is 13.2.